The number of hydrogen-bond donors (Lipinski definition) is 1. The number of carbonyl (C=O) groups is 1. The molecule has 4 aromatic rings. The van der Waals surface area contributed by atoms with E-state index in [0.29, 0.717) is 23.8 Å². The van der Waals surface area contributed by atoms with E-state index in [-0.39, 0.29) is 11.8 Å². The van der Waals surface area contributed by atoms with Crippen LogP contribution in [0, 0.1) is 0 Å². The van der Waals surface area contributed by atoms with Crippen molar-refractivity contribution in [2.24, 2.45) is 0 Å². The quantitative estimate of drug-likeness (QED) is 0.504. The van der Waals surface area contributed by atoms with E-state index < -0.39 is 5.91 Å². The minimum absolute atomic E-state index is 0.0261. The van der Waals surface area contributed by atoms with E-state index in [1.54, 1.807) is 12.1 Å². The number of ether oxygens (including phenoxy) is 1. The Bertz CT molecular complexity index is 1220. The van der Waals surface area contributed by atoms with Gasteiger partial charge in [0.15, 0.2) is 17.1 Å². The first-order chi connectivity index (χ1) is 14.7. The van der Waals surface area contributed by atoms with Crippen LogP contribution in [0.2, 0.25) is 0 Å². The predicted molar refractivity (Wildman–Crippen MR) is 112 cm³/mol. The molecule has 2 aromatic heterocycles. The number of benzene rings is 2. The maximum atomic E-state index is 12.6. The molecule has 0 saturated carbocycles. The summed E-state index contributed by atoms with van der Waals surface area (Å²) >= 11 is 0. The van der Waals surface area contributed by atoms with Gasteiger partial charge in [0, 0.05) is 10.9 Å². The van der Waals surface area contributed by atoms with Crippen LogP contribution < -0.4 is 10.1 Å². The zero-order chi connectivity index (χ0) is 20.5. The van der Waals surface area contributed by atoms with E-state index in [1.807, 2.05) is 25.1 Å². The number of hydrogen-bond acceptors (Lipinski definition) is 6. The van der Waals surface area contributed by atoms with Crippen molar-refractivity contribution in [3.8, 4) is 17.2 Å². The van der Waals surface area contributed by atoms with E-state index in [9.17, 15) is 4.79 Å². The molecule has 30 heavy (non-hydrogen) atoms. The van der Waals surface area contributed by atoms with E-state index in [4.69, 9.17) is 13.6 Å². The van der Waals surface area contributed by atoms with Crippen molar-refractivity contribution in [2.45, 2.75) is 32.6 Å². The van der Waals surface area contributed by atoms with Gasteiger partial charge in [0.2, 0.25) is 5.89 Å². The fraction of sp³-hybridized carbons (Fsp3) is 0.261. The topological polar surface area (TPSA) is 90.4 Å². The molecule has 1 N–H and O–H groups in total. The number of carbonyl (C=O) groups excluding carboxylic acids is 1. The molecule has 0 fully saturated rings. The third-order valence-electron chi connectivity index (χ3n) is 5.27. The van der Waals surface area contributed by atoms with Crippen molar-refractivity contribution in [2.75, 3.05) is 11.9 Å². The lowest BCUT2D eigenvalue weighted by Gasteiger charge is -2.15. The number of fused-ring (bicyclic) bond motifs is 2. The molecule has 7 nitrogen and oxygen atoms in total. The van der Waals surface area contributed by atoms with Gasteiger partial charge in [-0.3, -0.25) is 10.1 Å². The van der Waals surface area contributed by atoms with E-state index in [2.05, 4.69) is 27.6 Å². The summed E-state index contributed by atoms with van der Waals surface area (Å²) in [7, 11) is 0. The van der Waals surface area contributed by atoms with Crippen LogP contribution in [0.1, 0.15) is 41.4 Å². The van der Waals surface area contributed by atoms with Crippen molar-refractivity contribution in [1.82, 2.24) is 10.2 Å². The maximum Gasteiger partial charge on any atom is 0.322 e. The van der Waals surface area contributed by atoms with Crippen molar-refractivity contribution >= 4 is 22.9 Å². The van der Waals surface area contributed by atoms with Crippen molar-refractivity contribution in [3.63, 3.8) is 0 Å². The molecule has 0 unspecified atom stereocenters. The molecular formula is C23H21N3O4. The van der Waals surface area contributed by atoms with Crippen LogP contribution >= 0.6 is 0 Å². The highest BCUT2D eigenvalue weighted by molar-refractivity contribution is 6.04. The largest absolute Gasteiger partial charge is 0.490 e. The summed E-state index contributed by atoms with van der Waals surface area (Å²) in [5, 5.41) is 11.4. The molecule has 1 aliphatic carbocycles. The van der Waals surface area contributed by atoms with Crippen molar-refractivity contribution in [3.05, 3.63) is 59.4 Å². The third kappa shape index (κ3) is 3.43. The van der Waals surface area contributed by atoms with Crippen LogP contribution in [0.3, 0.4) is 0 Å². The number of amides is 1. The van der Waals surface area contributed by atoms with E-state index in [0.717, 1.165) is 23.8 Å². The average Bonchev–Trinajstić information content (AvgIpc) is 3.41. The SMILES string of the molecule is CCOc1cccc2cc(C(=O)Nc3nnc(-c4ccc5c(c4)CCCC5)o3)oc12. The van der Waals surface area contributed by atoms with Crippen LogP contribution in [-0.4, -0.2) is 22.7 Å². The summed E-state index contributed by atoms with van der Waals surface area (Å²) < 4.78 is 16.9. The molecule has 2 aromatic carbocycles. The molecule has 0 radical (unpaired) electrons. The monoisotopic (exact) mass is 403 g/mol. The van der Waals surface area contributed by atoms with Crippen LogP contribution in [0.4, 0.5) is 6.01 Å². The Balaban J connectivity index is 1.36. The minimum atomic E-state index is -0.464. The molecule has 5 rings (SSSR count). The fourth-order valence-electron chi connectivity index (χ4n) is 3.83. The van der Waals surface area contributed by atoms with Gasteiger partial charge in [0.25, 0.3) is 5.91 Å². The second kappa shape index (κ2) is 7.67. The highest BCUT2D eigenvalue weighted by Crippen LogP contribution is 2.30. The lowest BCUT2D eigenvalue weighted by molar-refractivity contribution is 0.0995. The lowest BCUT2D eigenvalue weighted by Crippen LogP contribution is -2.11. The minimum Gasteiger partial charge on any atom is -0.490 e. The van der Waals surface area contributed by atoms with Gasteiger partial charge in [-0.2, -0.15) is 0 Å². The first kappa shape index (κ1) is 18.4. The summed E-state index contributed by atoms with van der Waals surface area (Å²) in [6, 6.07) is 13.4. The van der Waals surface area contributed by atoms with Gasteiger partial charge >= 0.3 is 6.01 Å². The zero-order valence-corrected chi connectivity index (χ0v) is 16.6. The number of nitrogens with one attached hydrogen (secondary N) is 1. The molecular weight excluding hydrogens is 382 g/mol. The first-order valence-electron chi connectivity index (χ1n) is 10.1. The summed E-state index contributed by atoms with van der Waals surface area (Å²) in [6.07, 6.45) is 4.61. The Labute approximate surface area is 173 Å². The first-order valence-corrected chi connectivity index (χ1v) is 10.1. The number of aromatic nitrogens is 2. The second-order valence-electron chi connectivity index (χ2n) is 7.28. The maximum absolute atomic E-state index is 12.6. The van der Waals surface area contributed by atoms with Crippen LogP contribution in [-0.2, 0) is 12.8 Å². The molecule has 1 aliphatic rings. The van der Waals surface area contributed by atoms with Gasteiger partial charge in [-0.1, -0.05) is 23.3 Å². The molecule has 152 valence electrons. The molecule has 0 spiro atoms. The number of para-hydroxylation sites is 1. The zero-order valence-electron chi connectivity index (χ0n) is 16.6. The average molecular weight is 403 g/mol. The number of furan rings is 1. The van der Waals surface area contributed by atoms with E-state index >= 15 is 0 Å². The van der Waals surface area contributed by atoms with E-state index in [1.165, 1.54) is 24.0 Å². The molecule has 0 aliphatic heterocycles. The van der Waals surface area contributed by atoms with Crippen LogP contribution in [0.25, 0.3) is 22.4 Å². The lowest BCUT2D eigenvalue weighted by atomic mass is 9.90. The highest BCUT2D eigenvalue weighted by atomic mass is 16.5. The molecule has 7 heteroatoms. The Kier molecular flexibility index (Phi) is 4.71. The van der Waals surface area contributed by atoms with Gasteiger partial charge in [-0.15, -0.1) is 5.10 Å². The van der Waals surface area contributed by atoms with Gasteiger partial charge in [-0.05, 0) is 68.0 Å². The predicted octanol–water partition coefficient (Wildman–Crippen LogP) is 5.01. The third-order valence-corrected chi connectivity index (χ3v) is 5.27. The van der Waals surface area contributed by atoms with Gasteiger partial charge in [0.1, 0.15) is 0 Å². The molecule has 0 saturated heterocycles. The molecule has 0 bridgehead atoms. The Morgan fingerprint density at radius 3 is 2.80 bits per heavy atom. The molecule has 2 heterocycles. The summed E-state index contributed by atoms with van der Waals surface area (Å²) in [5.74, 6) is 0.656. The van der Waals surface area contributed by atoms with Gasteiger partial charge < -0.3 is 13.6 Å². The highest BCUT2D eigenvalue weighted by Gasteiger charge is 2.19. The standard InChI is InChI=1S/C23H21N3O4/c1-2-28-18-9-5-8-16-13-19(29-20(16)18)21(27)24-23-26-25-22(30-23)17-11-10-14-6-3-4-7-15(14)12-17/h5,8-13H,2-4,6-7H2,1H3,(H,24,26,27). The smallest absolute Gasteiger partial charge is 0.322 e. The van der Waals surface area contributed by atoms with Gasteiger partial charge in [0.05, 0.1) is 6.61 Å². The van der Waals surface area contributed by atoms with Crippen molar-refractivity contribution < 1.29 is 18.4 Å². The van der Waals surface area contributed by atoms with Crippen molar-refractivity contribution in [1.29, 1.82) is 0 Å². The normalized spacial score (nSPS) is 13.2. The summed E-state index contributed by atoms with van der Waals surface area (Å²) in [5.41, 5.74) is 4.10. The second-order valence-corrected chi connectivity index (χ2v) is 7.28. The van der Waals surface area contributed by atoms with Crippen LogP contribution in [0.15, 0.2) is 51.3 Å². The fourth-order valence-corrected chi connectivity index (χ4v) is 3.83. The number of anilines is 1. The van der Waals surface area contributed by atoms with Gasteiger partial charge in [-0.25, -0.2) is 0 Å². The van der Waals surface area contributed by atoms with Crippen LogP contribution in [0.5, 0.6) is 5.75 Å². The Hall–Kier alpha value is -3.61. The molecule has 0 atom stereocenters. The Morgan fingerprint density at radius 1 is 1.07 bits per heavy atom. The molecule has 1 amide bonds. The Morgan fingerprint density at radius 2 is 1.93 bits per heavy atom. The number of aryl methyl sites for hydroxylation is 2. The number of rotatable bonds is 5. The summed E-state index contributed by atoms with van der Waals surface area (Å²) in [4.78, 5) is 12.6. The summed E-state index contributed by atoms with van der Waals surface area (Å²) in [6.45, 7) is 2.40. The number of nitrogens with zero attached hydrogens (tertiary/aromatic N) is 2.